The summed E-state index contributed by atoms with van der Waals surface area (Å²) in [6.07, 6.45) is 1.95. The molecule has 0 aliphatic heterocycles. The lowest BCUT2D eigenvalue weighted by atomic mass is 9.60. The predicted molar refractivity (Wildman–Crippen MR) is 149 cm³/mol. The van der Waals surface area contributed by atoms with Crippen molar-refractivity contribution in [3.8, 4) is 16.9 Å². The Morgan fingerprint density at radius 2 is 1.80 bits per heavy atom. The Morgan fingerprint density at radius 3 is 2.42 bits per heavy atom. The van der Waals surface area contributed by atoms with Gasteiger partial charge in [0.1, 0.15) is 22.8 Å². The normalized spacial score (nSPS) is 23.9. The quantitative estimate of drug-likeness (QED) is 0.303. The maximum atomic E-state index is 14.2. The molecule has 40 heavy (non-hydrogen) atoms. The van der Waals surface area contributed by atoms with Crippen molar-refractivity contribution < 1.29 is 34.4 Å². The van der Waals surface area contributed by atoms with Gasteiger partial charge in [0.25, 0.3) is 5.91 Å². The number of primary amides is 1. The topological polar surface area (TPSA) is 150 Å². The van der Waals surface area contributed by atoms with Crippen LogP contribution in [-0.2, 0) is 16.0 Å². The molecule has 2 aromatic rings. The molecule has 9 nitrogen and oxygen atoms in total. The second-order valence-electron chi connectivity index (χ2n) is 11.0. The number of carbonyl (C=O) groups excluding carboxylic acids is 3. The smallest absolute Gasteiger partial charge is 0.255 e. The third-order valence-electron chi connectivity index (χ3n) is 8.38. The van der Waals surface area contributed by atoms with Crippen LogP contribution >= 0.6 is 0 Å². The lowest BCUT2D eigenvalue weighted by molar-refractivity contribution is -0.144. The molecule has 210 valence electrons. The van der Waals surface area contributed by atoms with Crippen molar-refractivity contribution in [1.29, 1.82) is 0 Å². The number of hydrogen-bond acceptors (Lipinski definition) is 8. The molecule has 3 aliphatic rings. The van der Waals surface area contributed by atoms with Gasteiger partial charge in [-0.1, -0.05) is 31.5 Å². The van der Waals surface area contributed by atoms with E-state index < -0.39 is 52.0 Å². The summed E-state index contributed by atoms with van der Waals surface area (Å²) in [5, 5.41) is 33.3. The molecule has 0 unspecified atom stereocenters. The molecule has 0 saturated carbocycles. The van der Waals surface area contributed by atoms with Crippen LogP contribution in [0.4, 0.5) is 5.69 Å². The monoisotopic (exact) mass is 546 g/mol. The minimum atomic E-state index is -2.53. The number of fused-ring (bicyclic) bond motifs is 3. The van der Waals surface area contributed by atoms with Gasteiger partial charge >= 0.3 is 0 Å². The Hall–Kier alpha value is -4.11. The van der Waals surface area contributed by atoms with Crippen LogP contribution in [0.3, 0.4) is 0 Å². The van der Waals surface area contributed by atoms with Gasteiger partial charge in [0.15, 0.2) is 11.4 Å². The summed E-state index contributed by atoms with van der Waals surface area (Å²) in [6, 6.07) is 11.7. The molecule has 0 spiro atoms. The van der Waals surface area contributed by atoms with Crippen LogP contribution < -0.4 is 15.4 Å². The van der Waals surface area contributed by atoms with Gasteiger partial charge in [-0.25, -0.2) is 0 Å². The Morgan fingerprint density at radius 1 is 1.10 bits per heavy atom. The van der Waals surface area contributed by atoms with Crippen molar-refractivity contribution in [3.05, 3.63) is 70.2 Å². The highest BCUT2D eigenvalue weighted by Gasteiger charge is 2.59. The zero-order valence-corrected chi connectivity index (χ0v) is 22.9. The van der Waals surface area contributed by atoms with E-state index >= 15 is 0 Å². The molecular formula is C31H34N2O7. The lowest BCUT2D eigenvalue weighted by Crippen LogP contribution is -2.57. The molecule has 0 aromatic heterocycles. The van der Waals surface area contributed by atoms with Gasteiger partial charge in [0.05, 0.1) is 12.2 Å². The number of aliphatic hydroxyl groups excluding tert-OH is 2. The van der Waals surface area contributed by atoms with Crippen molar-refractivity contribution in [3.63, 3.8) is 0 Å². The highest BCUT2D eigenvalue weighted by molar-refractivity contribution is 6.24. The maximum absolute atomic E-state index is 14.2. The number of ether oxygens (including phenoxy) is 1. The first-order chi connectivity index (χ1) is 19.0. The van der Waals surface area contributed by atoms with E-state index in [1.807, 2.05) is 56.3 Å². The Bertz CT molecular complexity index is 1470. The number of nitrogens with zero attached hydrogens (tertiary/aromatic N) is 1. The fraction of sp³-hybridized carbons (Fsp3) is 0.387. The number of benzene rings is 2. The van der Waals surface area contributed by atoms with Gasteiger partial charge in [-0.15, -0.1) is 0 Å². The number of hydrogen-bond donors (Lipinski definition) is 4. The summed E-state index contributed by atoms with van der Waals surface area (Å²) < 4.78 is 6.02. The summed E-state index contributed by atoms with van der Waals surface area (Å²) in [5.41, 5.74) is 5.81. The van der Waals surface area contributed by atoms with E-state index in [-0.39, 0.29) is 18.4 Å². The van der Waals surface area contributed by atoms with Crippen LogP contribution in [-0.4, -0.2) is 59.1 Å². The number of rotatable bonds is 7. The zero-order chi connectivity index (χ0) is 28.9. The van der Waals surface area contributed by atoms with Crippen molar-refractivity contribution in [2.75, 3.05) is 25.6 Å². The number of amides is 1. The highest BCUT2D eigenvalue weighted by Crippen LogP contribution is 2.52. The largest absolute Gasteiger partial charge is 0.511 e. The van der Waals surface area contributed by atoms with Crippen LogP contribution in [0.25, 0.3) is 11.1 Å². The van der Waals surface area contributed by atoms with Crippen molar-refractivity contribution in [2.24, 2.45) is 17.6 Å². The fourth-order valence-electron chi connectivity index (χ4n) is 6.26. The molecule has 9 heteroatoms. The lowest BCUT2D eigenvalue weighted by Gasteiger charge is -2.45. The number of carbonyl (C=O) groups is 3. The van der Waals surface area contributed by atoms with E-state index in [1.165, 1.54) is 0 Å². The molecule has 3 aliphatic carbocycles. The summed E-state index contributed by atoms with van der Waals surface area (Å²) >= 11 is 0. The van der Waals surface area contributed by atoms with E-state index in [2.05, 4.69) is 0 Å². The molecule has 5 rings (SSSR count). The third kappa shape index (κ3) is 4.16. The number of ketones is 2. The molecular weight excluding hydrogens is 512 g/mol. The summed E-state index contributed by atoms with van der Waals surface area (Å²) in [5.74, 6) is -5.29. The average Bonchev–Trinajstić information content (AvgIpc) is 2.90. The Labute approximate surface area is 232 Å². The number of aliphatic hydroxyl groups is 3. The van der Waals surface area contributed by atoms with Gasteiger partial charge in [-0.05, 0) is 60.1 Å². The van der Waals surface area contributed by atoms with Crippen molar-refractivity contribution in [2.45, 2.75) is 44.6 Å². The van der Waals surface area contributed by atoms with Crippen molar-refractivity contribution in [1.82, 2.24) is 0 Å². The van der Waals surface area contributed by atoms with Crippen LogP contribution in [0.15, 0.2) is 59.1 Å². The molecule has 0 radical (unpaired) electrons. The molecule has 1 amide bonds. The first kappa shape index (κ1) is 27.5. The van der Waals surface area contributed by atoms with E-state index in [0.29, 0.717) is 24.3 Å². The SMILES string of the molecule is CCCCOc1ccc(-c2ccc(N(C)C)cc2)c2c1C(=O)C1=C(O)[C@]3(O)C(=O)C(C(N)=O)=C(O)C[C@@H]3C[C@@H]1C2. The first-order valence-corrected chi connectivity index (χ1v) is 13.5. The number of anilines is 1. The standard InChI is InChI=1S/C31H34N2O7/c1-4-5-12-40-23-11-10-20(16-6-8-19(9-7-16)33(2)3)21-14-17-13-18-15-22(34)26(30(32)38)29(37)31(18,39)28(36)24(17)27(35)25(21)23/h6-11,17-18,34,36,39H,4-5,12-15H2,1-3H3,(H2,32,38)/t17-,18+,31+/m1/s1. The maximum Gasteiger partial charge on any atom is 0.255 e. The highest BCUT2D eigenvalue weighted by atomic mass is 16.5. The van der Waals surface area contributed by atoms with Crippen LogP contribution in [0.5, 0.6) is 5.75 Å². The average molecular weight is 547 g/mol. The summed E-state index contributed by atoms with van der Waals surface area (Å²) in [7, 11) is 3.91. The Balaban J connectivity index is 1.66. The van der Waals surface area contributed by atoms with Gasteiger partial charge < -0.3 is 30.7 Å². The minimum absolute atomic E-state index is 0.0646. The second kappa shape index (κ2) is 10.1. The van der Waals surface area contributed by atoms with Gasteiger partial charge in [-0.3, -0.25) is 14.4 Å². The van der Waals surface area contributed by atoms with E-state index in [0.717, 1.165) is 35.2 Å². The fourth-order valence-corrected chi connectivity index (χ4v) is 6.26. The van der Waals surface area contributed by atoms with Crippen LogP contribution in [0.2, 0.25) is 0 Å². The molecule has 5 N–H and O–H groups in total. The summed E-state index contributed by atoms with van der Waals surface area (Å²) in [4.78, 5) is 41.3. The molecule has 0 bridgehead atoms. The first-order valence-electron chi connectivity index (χ1n) is 13.5. The summed E-state index contributed by atoms with van der Waals surface area (Å²) in [6.45, 7) is 2.43. The molecule has 0 heterocycles. The van der Waals surface area contributed by atoms with Gasteiger partial charge in [-0.2, -0.15) is 0 Å². The van der Waals surface area contributed by atoms with E-state index in [4.69, 9.17) is 10.5 Å². The van der Waals surface area contributed by atoms with E-state index in [1.54, 1.807) is 6.07 Å². The number of Topliss-reactive ketones (excluding diaryl/α,β-unsaturated/α-hetero) is 2. The minimum Gasteiger partial charge on any atom is -0.511 e. The zero-order valence-electron chi connectivity index (χ0n) is 22.9. The van der Waals surface area contributed by atoms with E-state index in [9.17, 15) is 29.7 Å². The van der Waals surface area contributed by atoms with Crippen LogP contribution in [0.1, 0.15) is 48.5 Å². The van der Waals surface area contributed by atoms with Gasteiger partial charge in [0, 0.05) is 37.7 Å². The van der Waals surface area contributed by atoms with Gasteiger partial charge in [0.2, 0.25) is 5.78 Å². The molecule has 3 atom stereocenters. The molecule has 2 aromatic carbocycles. The van der Waals surface area contributed by atoms with Crippen LogP contribution in [0, 0.1) is 11.8 Å². The number of nitrogens with two attached hydrogens (primary N) is 1. The third-order valence-corrected chi connectivity index (χ3v) is 8.38. The second-order valence-corrected chi connectivity index (χ2v) is 11.0. The number of allylic oxidation sites excluding steroid dienone is 2. The number of unbranched alkanes of at least 4 members (excludes halogenated alkanes) is 1. The van der Waals surface area contributed by atoms with Crippen molar-refractivity contribution >= 4 is 23.2 Å². The molecule has 0 saturated heterocycles. The Kier molecular flexibility index (Phi) is 6.95. The predicted octanol–water partition coefficient (Wildman–Crippen LogP) is 3.79. The molecule has 0 fully saturated rings.